The minimum atomic E-state index is -0.310. The number of carbonyl (C=O) groups excluding carboxylic acids is 2. The Morgan fingerprint density at radius 1 is 1.33 bits per heavy atom. The molecule has 112 valence electrons. The molecule has 21 heavy (non-hydrogen) atoms. The lowest BCUT2D eigenvalue weighted by Gasteiger charge is -2.36. The summed E-state index contributed by atoms with van der Waals surface area (Å²) in [6.07, 6.45) is 2.10. The van der Waals surface area contributed by atoms with Gasteiger partial charge in [-0.2, -0.15) is 0 Å². The van der Waals surface area contributed by atoms with Crippen molar-refractivity contribution in [1.82, 2.24) is 10.2 Å². The molecule has 2 aliphatic heterocycles. The van der Waals surface area contributed by atoms with Gasteiger partial charge in [-0.1, -0.05) is 17.7 Å². The third-order valence-electron chi connectivity index (χ3n) is 4.34. The fraction of sp³-hybridized carbons (Fsp3) is 0.500. The molecule has 0 unspecified atom stereocenters. The van der Waals surface area contributed by atoms with Crippen molar-refractivity contribution in [2.45, 2.75) is 32.7 Å². The van der Waals surface area contributed by atoms with Gasteiger partial charge in [-0.05, 0) is 38.3 Å². The molecule has 1 fully saturated rings. The zero-order valence-electron chi connectivity index (χ0n) is 12.6. The van der Waals surface area contributed by atoms with Gasteiger partial charge in [-0.25, -0.2) is 4.79 Å². The van der Waals surface area contributed by atoms with Gasteiger partial charge in [0, 0.05) is 25.3 Å². The summed E-state index contributed by atoms with van der Waals surface area (Å²) in [4.78, 5) is 27.7. The van der Waals surface area contributed by atoms with Crippen LogP contribution in [0, 0.1) is 6.92 Å². The summed E-state index contributed by atoms with van der Waals surface area (Å²) in [6, 6.07) is 5.79. The standard InChI is InChI=1S/C16H21N3O2/c1-11-5-6-14-13(10-11)4-3-8-18(14)12(2)15(20)19-9-7-17-16(19)21/h5-6,10,12H,3-4,7-9H2,1-2H3,(H,17,21)/t12-/m0/s1. The van der Waals surface area contributed by atoms with Gasteiger partial charge >= 0.3 is 6.03 Å². The number of aryl methyl sites for hydroxylation is 2. The first-order valence-corrected chi connectivity index (χ1v) is 7.53. The third kappa shape index (κ3) is 2.48. The Morgan fingerprint density at radius 3 is 2.86 bits per heavy atom. The molecule has 1 N–H and O–H groups in total. The number of imide groups is 1. The summed E-state index contributed by atoms with van der Waals surface area (Å²) in [7, 11) is 0. The van der Waals surface area contributed by atoms with E-state index in [-0.39, 0.29) is 18.0 Å². The second kappa shape index (κ2) is 5.39. The predicted molar refractivity (Wildman–Crippen MR) is 81.4 cm³/mol. The van der Waals surface area contributed by atoms with E-state index in [1.165, 1.54) is 16.0 Å². The van der Waals surface area contributed by atoms with Crippen molar-refractivity contribution in [3.8, 4) is 0 Å². The lowest BCUT2D eigenvalue weighted by molar-refractivity contribution is -0.128. The first-order chi connectivity index (χ1) is 10.1. The molecular weight excluding hydrogens is 266 g/mol. The number of rotatable bonds is 2. The Kier molecular flexibility index (Phi) is 3.57. The van der Waals surface area contributed by atoms with Gasteiger partial charge in [0.05, 0.1) is 0 Å². The molecule has 2 heterocycles. The van der Waals surface area contributed by atoms with Crippen LogP contribution < -0.4 is 10.2 Å². The number of amides is 3. The van der Waals surface area contributed by atoms with Crippen molar-refractivity contribution >= 4 is 17.6 Å². The van der Waals surface area contributed by atoms with Gasteiger partial charge < -0.3 is 10.2 Å². The number of anilines is 1. The van der Waals surface area contributed by atoms with Crippen molar-refractivity contribution in [2.75, 3.05) is 24.5 Å². The number of benzene rings is 1. The van der Waals surface area contributed by atoms with E-state index in [9.17, 15) is 9.59 Å². The van der Waals surface area contributed by atoms with Gasteiger partial charge in [0.15, 0.2) is 0 Å². The maximum Gasteiger partial charge on any atom is 0.324 e. The van der Waals surface area contributed by atoms with Gasteiger partial charge in [-0.15, -0.1) is 0 Å². The van der Waals surface area contributed by atoms with Crippen LogP contribution in [0.2, 0.25) is 0 Å². The minimum absolute atomic E-state index is 0.113. The predicted octanol–water partition coefficient (Wildman–Crippen LogP) is 1.69. The highest BCUT2D eigenvalue weighted by Crippen LogP contribution is 2.30. The van der Waals surface area contributed by atoms with Crippen LogP contribution in [0.15, 0.2) is 18.2 Å². The molecule has 0 saturated carbocycles. The van der Waals surface area contributed by atoms with Gasteiger partial charge in [0.25, 0.3) is 5.91 Å². The molecule has 5 heteroatoms. The van der Waals surface area contributed by atoms with Crippen molar-refractivity contribution in [3.63, 3.8) is 0 Å². The summed E-state index contributed by atoms with van der Waals surface area (Å²) in [5.41, 5.74) is 3.67. The minimum Gasteiger partial charge on any atom is -0.360 e. The fourth-order valence-corrected chi connectivity index (χ4v) is 3.20. The molecule has 0 aliphatic carbocycles. The normalized spacial score (nSPS) is 19.2. The quantitative estimate of drug-likeness (QED) is 0.900. The van der Waals surface area contributed by atoms with Crippen molar-refractivity contribution < 1.29 is 9.59 Å². The van der Waals surface area contributed by atoms with E-state index in [4.69, 9.17) is 0 Å². The van der Waals surface area contributed by atoms with Crippen LogP contribution in [0.4, 0.5) is 10.5 Å². The maximum absolute atomic E-state index is 12.6. The Bertz CT molecular complexity index is 585. The number of hydrogen-bond donors (Lipinski definition) is 1. The summed E-state index contributed by atoms with van der Waals surface area (Å²) in [5.74, 6) is -0.113. The maximum atomic E-state index is 12.6. The van der Waals surface area contributed by atoms with Gasteiger partial charge in [0.1, 0.15) is 6.04 Å². The van der Waals surface area contributed by atoms with Crippen LogP contribution >= 0.6 is 0 Å². The van der Waals surface area contributed by atoms with Crippen LogP contribution in [0.5, 0.6) is 0 Å². The van der Waals surface area contributed by atoms with E-state index in [2.05, 4.69) is 35.3 Å². The number of urea groups is 1. The SMILES string of the molecule is Cc1ccc2c(c1)CCCN2[C@@H](C)C(=O)N1CCNC1=O. The molecule has 0 bridgehead atoms. The van der Waals surface area contributed by atoms with E-state index < -0.39 is 0 Å². The van der Waals surface area contributed by atoms with Crippen LogP contribution in [0.1, 0.15) is 24.5 Å². The average Bonchev–Trinajstić information content (AvgIpc) is 2.91. The Hall–Kier alpha value is -2.04. The van der Waals surface area contributed by atoms with Crippen molar-refractivity contribution in [3.05, 3.63) is 29.3 Å². The summed E-state index contributed by atoms with van der Waals surface area (Å²) in [5, 5.41) is 2.68. The van der Waals surface area contributed by atoms with Crippen LogP contribution in [-0.4, -0.2) is 42.5 Å². The number of nitrogens with one attached hydrogen (secondary N) is 1. The molecule has 1 saturated heterocycles. The molecule has 3 rings (SSSR count). The number of nitrogens with zero attached hydrogens (tertiary/aromatic N) is 2. The van der Waals surface area contributed by atoms with E-state index in [1.54, 1.807) is 0 Å². The molecular formula is C16H21N3O2. The van der Waals surface area contributed by atoms with E-state index in [1.807, 2.05) is 6.92 Å². The first-order valence-electron chi connectivity index (χ1n) is 7.53. The van der Waals surface area contributed by atoms with Crippen molar-refractivity contribution in [2.24, 2.45) is 0 Å². The summed E-state index contributed by atoms with van der Waals surface area (Å²) >= 11 is 0. The monoisotopic (exact) mass is 287 g/mol. The second-order valence-electron chi connectivity index (χ2n) is 5.83. The highest BCUT2D eigenvalue weighted by atomic mass is 16.2. The zero-order valence-corrected chi connectivity index (χ0v) is 12.6. The smallest absolute Gasteiger partial charge is 0.324 e. The van der Waals surface area contributed by atoms with E-state index in [0.29, 0.717) is 13.1 Å². The van der Waals surface area contributed by atoms with Crippen LogP contribution in [0.25, 0.3) is 0 Å². The Morgan fingerprint density at radius 2 is 2.14 bits per heavy atom. The largest absolute Gasteiger partial charge is 0.360 e. The Balaban J connectivity index is 1.84. The molecule has 2 aliphatic rings. The first kappa shape index (κ1) is 13.9. The topological polar surface area (TPSA) is 52.7 Å². The highest BCUT2D eigenvalue weighted by Gasteiger charge is 2.34. The molecule has 0 radical (unpaired) electrons. The summed E-state index contributed by atoms with van der Waals surface area (Å²) in [6.45, 7) is 5.85. The second-order valence-corrected chi connectivity index (χ2v) is 5.83. The molecule has 1 atom stereocenters. The molecule has 5 nitrogen and oxygen atoms in total. The van der Waals surface area contributed by atoms with Crippen LogP contribution in [0.3, 0.4) is 0 Å². The van der Waals surface area contributed by atoms with E-state index in [0.717, 1.165) is 25.1 Å². The number of fused-ring (bicyclic) bond motifs is 1. The average molecular weight is 287 g/mol. The lowest BCUT2D eigenvalue weighted by Crippen LogP contribution is -2.49. The molecule has 0 aromatic heterocycles. The number of hydrogen-bond acceptors (Lipinski definition) is 3. The molecule has 0 spiro atoms. The molecule has 1 aromatic rings. The summed E-state index contributed by atoms with van der Waals surface area (Å²) < 4.78 is 0. The molecule has 3 amide bonds. The van der Waals surface area contributed by atoms with Crippen LogP contribution in [-0.2, 0) is 11.2 Å². The van der Waals surface area contributed by atoms with Crippen molar-refractivity contribution in [1.29, 1.82) is 0 Å². The third-order valence-corrected chi connectivity index (χ3v) is 4.34. The lowest BCUT2D eigenvalue weighted by atomic mass is 9.98. The zero-order chi connectivity index (χ0) is 15.0. The van der Waals surface area contributed by atoms with Gasteiger partial charge in [0.2, 0.25) is 0 Å². The fourth-order valence-electron chi connectivity index (χ4n) is 3.20. The van der Waals surface area contributed by atoms with Gasteiger partial charge in [-0.3, -0.25) is 9.69 Å². The Labute approximate surface area is 124 Å². The number of carbonyl (C=O) groups is 2. The van der Waals surface area contributed by atoms with E-state index >= 15 is 0 Å². The highest BCUT2D eigenvalue weighted by molar-refractivity contribution is 5.99. The molecule has 1 aromatic carbocycles.